The number of nitrogens with one attached hydrogen (secondary N) is 1. The van der Waals surface area contributed by atoms with Gasteiger partial charge in [0.25, 0.3) is 0 Å². The number of hydrogen-bond acceptors (Lipinski definition) is 7. The number of nitrogen functional groups attached to an aromatic ring is 1. The Kier molecular flexibility index (Phi) is 7.06. The number of anilines is 2. The van der Waals surface area contributed by atoms with Gasteiger partial charge in [-0.15, -0.1) is 0 Å². The van der Waals surface area contributed by atoms with Crippen molar-refractivity contribution in [1.82, 2.24) is 19.9 Å². The first kappa shape index (κ1) is 22.6. The summed E-state index contributed by atoms with van der Waals surface area (Å²) in [4.78, 5) is 28.6. The van der Waals surface area contributed by atoms with Gasteiger partial charge in [0.2, 0.25) is 0 Å². The fraction of sp³-hybridized carbons (Fsp3) is 0. The van der Waals surface area contributed by atoms with Crippen LogP contribution in [0.25, 0.3) is 22.1 Å². The molecule has 0 fully saturated rings. The molecule has 8 nitrogen and oxygen atoms in total. The van der Waals surface area contributed by atoms with E-state index in [1.54, 1.807) is 54.9 Å². The van der Waals surface area contributed by atoms with Crippen LogP contribution in [0.5, 0.6) is 5.75 Å². The molecule has 0 atom stereocenters. The van der Waals surface area contributed by atoms with Gasteiger partial charge in [0.15, 0.2) is 0 Å². The molecule has 4 heterocycles. The molecule has 0 radical (unpaired) electrons. The zero-order chi connectivity index (χ0) is 23.2. The number of para-hydroxylation sites is 1. The number of amides is 1. The third-order valence-electron chi connectivity index (χ3n) is 4.21. The van der Waals surface area contributed by atoms with Crippen LogP contribution in [0.1, 0.15) is 0 Å². The molecule has 4 aromatic heterocycles. The predicted octanol–water partition coefficient (Wildman–Crippen LogP) is 5.98. The molecule has 0 aliphatic carbocycles. The molecule has 164 valence electrons. The number of carbonyl (C=O) groups is 1. The number of fused-ring (bicyclic) bond motifs is 2. The fourth-order valence-electron chi connectivity index (χ4n) is 2.78. The molecular formula is C23H16Br2N6O2. The lowest BCUT2D eigenvalue weighted by Gasteiger charge is -2.06. The smallest absolute Gasteiger partial charge is 0.410 e. The van der Waals surface area contributed by atoms with Gasteiger partial charge in [0, 0.05) is 21.3 Å². The molecule has 5 rings (SSSR count). The monoisotopic (exact) mass is 566 g/mol. The molecule has 10 heteroatoms. The number of pyridine rings is 4. The largest absolute Gasteiger partial charge is 0.418 e. The van der Waals surface area contributed by atoms with Gasteiger partial charge < -0.3 is 10.5 Å². The van der Waals surface area contributed by atoms with Crippen LogP contribution in [0.3, 0.4) is 0 Å². The zero-order valence-electron chi connectivity index (χ0n) is 16.9. The molecule has 0 bridgehead atoms. The number of halogens is 2. The SMILES string of the molecule is Nc1ccc2ncc(Br)cc2n1.O=C(Nc1ccc2ncc(Br)cc2n1)Oc1ccccc1. The van der Waals surface area contributed by atoms with E-state index in [-0.39, 0.29) is 0 Å². The fourth-order valence-corrected chi connectivity index (χ4v) is 3.41. The number of nitrogens with two attached hydrogens (primary N) is 1. The summed E-state index contributed by atoms with van der Waals surface area (Å²) < 4.78 is 6.87. The molecule has 0 aliphatic rings. The topological polar surface area (TPSA) is 116 Å². The molecule has 5 aromatic rings. The molecule has 0 spiro atoms. The Bertz CT molecular complexity index is 1400. The maximum absolute atomic E-state index is 11.8. The van der Waals surface area contributed by atoms with Crippen molar-refractivity contribution in [3.63, 3.8) is 0 Å². The second-order valence-electron chi connectivity index (χ2n) is 6.64. The minimum Gasteiger partial charge on any atom is -0.410 e. The number of aromatic nitrogens is 4. The summed E-state index contributed by atoms with van der Waals surface area (Å²) in [5.41, 5.74) is 8.62. The van der Waals surface area contributed by atoms with Crippen molar-refractivity contribution < 1.29 is 9.53 Å². The quantitative estimate of drug-likeness (QED) is 0.269. The standard InChI is InChI=1S/C15H10BrN3O2.C8H6BrN3/c16-10-8-13-12(17-9-10)6-7-14(18-13)19-15(20)21-11-4-2-1-3-5-11;9-5-3-7-6(11-4-5)1-2-8(10)12-7/h1-9H,(H,18,19,20);1-4H,(H2,10,12). The summed E-state index contributed by atoms with van der Waals surface area (Å²) in [6.45, 7) is 0. The summed E-state index contributed by atoms with van der Waals surface area (Å²) >= 11 is 6.65. The molecule has 0 aliphatic heterocycles. The highest BCUT2D eigenvalue weighted by Crippen LogP contribution is 2.18. The Morgan fingerprint density at radius 2 is 1.39 bits per heavy atom. The van der Waals surface area contributed by atoms with Crippen LogP contribution in [-0.4, -0.2) is 26.0 Å². The predicted molar refractivity (Wildman–Crippen MR) is 135 cm³/mol. The highest BCUT2D eigenvalue weighted by molar-refractivity contribution is 9.10. The summed E-state index contributed by atoms with van der Waals surface area (Å²) in [6, 6.07) is 19.6. The van der Waals surface area contributed by atoms with Gasteiger partial charge in [0.05, 0.1) is 22.1 Å². The molecule has 0 saturated carbocycles. The highest BCUT2D eigenvalue weighted by Gasteiger charge is 2.07. The van der Waals surface area contributed by atoms with Crippen molar-refractivity contribution in [2.45, 2.75) is 0 Å². The van der Waals surface area contributed by atoms with Gasteiger partial charge in [-0.25, -0.2) is 14.8 Å². The molecule has 0 saturated heterocycles. The van der Waals surface area contributed by atoms with Crippen LogP contribution in [-0.2, 0) is 0 Å². The van der Waals surface area contributed by atoms with Crippen molar-refractivity contribution in [2.24, 2.45) is 0 Å². The van der Waals surface area contributed by atoms with Crippen LogP contribution in [0.2, 0.25) is 0 Å². The molecule has 1 amide bonds. The van der Waals surface area contributed by atoms with Crippen molar-refractivity contribution in [3.05, 3.63) is 88.1 Å². The van der Waals surface area contributed by atoms with E-state index in [1.165, 1.54) is 0 Å². The average Bonchev–Trinajstić information content (AvgIpc) is 2.79. The minimum absolute atomic E-state index is 0.406. The van der Waals surface area contributed by atoms with Crippen LogP contribution in [0.4, 0.5) is 16.4 Å². The maximum Gasteiger partial charge on any atom is 0.418 e. The minimum atomic E-state index is -0.587. The van der Waals surface area contributed by atoms with Crippen molar-refractivity contribution in [1.29, 1.82) is 0 Å². The Morgan fingerprint density at radius 1 is 0.788 bits per heavy atom. The van der Waals surface area contributed by atoms with Crippen LogP contribution < -0.4 is 15.8 Å². The van der Waals surface area contributed by atoms with Crippen LogP contribution >= 0.6 is 31.9 Å². The Balaban J connectivity index is 0.000000183. The van der Waals surface area contributed by atoms with Crippen molar-refractivity contribution in [2.75, 3.05) is 11.1 Å². The van der Waals surface area contributed by atoms with E-state index >= 15 is 0 Å². The van der Waals surface area contributed by atoms with Crippen LogP contribution in [0, 0.1) is 0 Å². The van der Waals surface area contributed by atoms with E-state index in [0.29, 0.717) is 22.9 Å². The summed E-state index contributed by atoms with van der Waals surface area (Å²) in [6.07, 6.45) is 2.84. The van der Waals surface area contributed by atoms with E-state index in [2.05, 4.69) is 57.1 Å². The van der Waals surface area contributed by atoms with Crippen LogP contribution in [0.15, 0.2) is 88.1 Å². The molecule has 33 heavy (non-hydrogen) atoms. The molecule has 1 aromatic carbocycles. The lowest BCUT2D eigenvalue weighted by molar-refractivity contribution is 0.215. The third-order valence-corrected chi connectivity index (χ3v) is 5.08. The first-order valence-corrected chi connectivity index (χ1v) is 11.2. The summed E-state index contributed by atoms with van der Waals surface area (Å²) in [5, 5.41) is 2.59. The summed E-state index contributed by atoms with van der Waals surface area (Å²) in [5.74, 6) is 1.39. The number of carbonyl (C=O) groups excluding carboxylic acids is 1. The van der Waals surface area contributed by atoms with E-state index in [1.807, 2.05) is 24.3 Å². The van der Waals surface area contributed by atoms with Gasteiger partial charge in [-0.1, -0.05) is 18.2 Å². The number of ether oxygens (including phenoxy) is 1. The van der Waals surface area contributed by atoms with Gasteiger partial charge in [-0.2, -0.15) is 0 Å². The lowest BCUT2D eigenvalue weighted by Crippen LogP contribution is -2.17. The van der Waals surface area contributed by atoms with E-state index in [9.17, 15) is 4.79 Å². The number of rotatable bonds is 2. The third kappa shape index (κ3) is 6.21. The van der Waals surface area contributed by atoms with Gasteiger partial charge in [-0.3, -0.25) is 15.3 Å². The molecule has 0 unspecified atom stereocenters. The number of nitrogens with zero attached hydrogens (tertiary/aromatic N) is 4. The van der Waals surface area contributed by atoms with Crippen molar-refractivity contribution >= 4 is 71.7 Å². The van der Waals surface area contributed by atoms with Crippen molar-refractivity contribution in [3.8, 4) is 5.75 Å². The second-order valence-corrected chi connectivity index (χ2v) is 8.48. The Hall–Kier alpha value is -3.63. The number of hydrogen-bond donors (Lipinski definition) is 2. The van der Waals surface area contributed by atoms with E-state index < -0.39 is 6.09 Å². The van der Waals surface area contributed by atoms with Gasteiger partial charge >= 0.3 is 6.09 Å². The normalized spacial score (nSPS) is 10.4. The molecule has 3 N–H and O–H groups in total. The Morgan fingerprint density at radius 3 is 2.06 bits per heavy atom. The average molecular weight is 568 g/mol. The van der Waals surface area contributed by atoms with Gasteiger partial charge in [-0.05, 0) is 80.4 Å². The number of benzene rings is 1. The lowest BCUT2D eigenvalue weighted by atomic mass is 10.3. The molecular weight excluding hydrogens is 552 g/mol. The van der Waals surface area contributed by atoms with E-state index in [4.69, 9.17) is 10.5 Å². The highest BCUT2D eigenvalue weighted by atomic mass is 79.9. The summed E-state index contributed by atoms with van der Waals surface area (Å²) in [7, 11) is 0. The van der Waals surface area contributed by atoms with E-state index in [0.717, 1.165) is 25.5 Å². The Labute approximate surface area is 205 Å². The second kappa shape index (κ2) is 10.3. The maximum atomic E-state index is 11.8. The first-order chi connectivity index (χ1) is 16.0. The zero-order valence-corrected chi connectivity index (χ0v) is 20.1. The first-order valence-electron chi connectivity index (χ1n) is 9.60. The van der Waals surface area contributed by atoms with Gasteiger partial charge in [0.1, 0.15) is 17.4 Å².